The van der Waals surface area contributed by atoms with Crippen molar-refractivity contribution < 1.29 is 0 Å². The lowest BCUT2D eigenvalue weighted by Gasteiger charge is -2.39. The predicted molar refractivity (Wildman–Crippen MR) is 262 cm³/mol. The molecule has 3 nitrogen and oxygen atoms in total. The van der Waals surface area contributed by atoms with E-state index in [0.29, 0.717) is 0 Å². The summed E-state index contributed by atoms with van der Waals surface area (Å²) in [5.74, 6) is 0.243. The van der Waals surface area contributed by atoms with E-state index in [9.17, 15) is 0 Å². The molecule has 2 unspecified atom stereocenters. The van der Waals surface area contributed by atoms with E-state index >= 15 is 0 Å². The number of fused-ring (bicyclic) bond motifs is 8. The number of halogens is 1. The van der Waals surface area contributed by atoms with Crippen LogP contribution in [-0.2, 0) is 10.8 Å². The highest BCUT2D eigenvalue weighted by molar-refractivity contribution is 14.1. The monoisotopic (exact) mass is 875 g/mol. The van der Waals surface area contributed by atoms with Crippen LogP contribution in [0.5, 0.6) is 0 Å². The molecule has 0 bridgehead atoms. The van der Waals surface area contributed by atoms with Gasteiger partial charge in [-0.05, 0) is 114 Å². The van der Waals surface area contributed by atoms with Crippen LogP contribution in [0.2, 0.25) is 0 Å². The number of aromatic nitrogens is 1. The number of nitrogens with zero attached hydrogens (tertiary/aromatic N) is 2. The van der Waals surface area contributed by atoms with Gasteiger partial charge in [0.25, 0.3) is 0 Å². The molecular formula is C55H46IN3. The Morgan fingerprint density at radius 3 is 2.32 bits per heavy atom. The van der Waals surface area contributed by atoms with Gasteiger partial charge in [0.2, 0.25) is 0 Å². The van der Waals surface area contributed by atoms with Gasteiger partial charge < -0.3 is 5.32 Å². The van der Waals surface area contributed by atoms with Crippen molar-refractivity contribution in [3.05, 3.63) is 192 Å². The number of dihydropyridines is 2. The third kappa shape index (κ3) is 6.40. The fourth-order valence-corrected chi connectivity index (χ4v) is 10.6. The average Bonchev–Trinajstić information content (AvgIpc) is 3.30. The van der Waals surface area contributed by atoms with Crippen molar-refractivity contribution in [2.24, 2.45) is 10.9 Å². The lowest BCUT2D eigenvalue weighted by Crippen LogP contribution is -2.41. The number of benzene rings is 5. The molecule has 0 radical (unpaired) electrons. The molecule has 2 aliphatic heterocycles. The maximum absolute atomic E-state index is 5.47. The Labute approximate surface area is 360 Å². The van der Waals surface area contributed by atoms with Crippen molar-refractivity contribution in [1.29, 1.82) is 0 Å². The SMILES string of the molecule is C=Cc1c(CI)c(-c2cccc(-c3ccc4c5ccc(C6=CC=NC7(CC=CC8=C7NCC=C8)C6)cc5c5ccccc5c4c3)c2)nc2c1C(/C=C\CC)=CC(C=C)C2. The van der Waals surface area contributed by atoms with Gasteiger partial charge in [-0.15, -0.1) is 6.58 Å². The van der Waals surface area contributed by atoms with Crippen LogP contribution in [0, 0.1) is 5.92 Å². The van der Waals surface area contributed by atoms with Crippen molar-refractivity contribution in [2.45, 2.75) is 42.6 Å². The Kier molecular flexibility index (Phi) is 9.76. The summed E-state index contributed by atoms with van der Waals surface area (Å²) in [4.78, 5) is 10.6. The molecule has 3 heterocycles. The summed E-state index contributed by atoms with van der Waals surface area (Å²) in [5, 5.41) is 11.3. The fourth-order valence-electron chi connectivity index (χ4n) is 9.83. The zero-order chi connectivity index (χ0) is 40.1. The highest BCUT2D eigenvalue weighted by Gasteiger charge is 2.39. The van der Waals surface area contributed by atoms with E-state index in [1.54, 1.807) is 0 Å². The first-order chi connectivity index (χ1) is 29.0. The van der Waals surface area contributed by atoms with E-state index in [2.05, 4.69) is 182 Å². The van der Waals surface area contributed by atoms with Gasteiger partial charge in [-0.25, -0.2) is 0 Å². The van der Waals surface area contributed by atoms with Crippen molar-refractivity contribution in [1.82, 2.24) is 10.3 Å². The minimum absolute atomic E-state index is 0.243. The number of rotatable bonds is 8. The summed E-state index contributed by atoms with van der Waals surface area (Å²) >= 11 is 2.49. The second-order valence-electron chi connectivity index (χ2n) is 16.1. The van der Waals surface area contributed by atoms with E-state index < -0.39 is 0 Å². The van der Waals surface area contributed by atoms with Crippen molar-refractivity contribution in [2.75, 3.05) is 6.54 Å². The third-order valence-electron chi connectivity index (χ3n) is 12.7. The zero-order valence-electron chi connectivity index (χ0n) is 33.4. The van der Waals surface area contributed by atoms with Crippen LogP contribution in [0.1, 0.15) is 54.1 Å². The molecule has 4 heteroatoms. The number of allylic oxidation sites excluding steroid dienone is 9. The van der Waals surface area contributed by atoms with Gasteiger partial charge in [0.05, 0.1) is 11.4 Å². The number of nitrogens with one attached hydrogen (secondary N) is 1. The number of aliphatic imine (C=N–C) groups is 1. The summed E-state index contributed by atoms with van der Waals surface area (Å²) in [6.07, 6.45) is 27.7. The Hall–Kier alpha value is -5.85. The minimum Gasteiger partial charge on any atom is -0.382 e. The normalized spacial score (nSPS) is 19.6. The van der Waals surface area contributed by atoms with Gasteiger partial charge in [0.15, 0.2) is 0 Å². The van der Waals surface area contributed by atoms with Crippen molar-refractivity contribution in [3.63, 3.8) is 0 Å². The molecule has 5 aromatic carbocycles. The molecule has 1 spiro atoms. The summed E-state index contributed by atoms with van der Waals surface area (Å²) < 4.78 is 0.836. The number of pyridine rings is 1. The smallest absolute Gasteiger partial charge is 0.108 e. The third-order valence-corrected chi connectivity index (χ3v) is 13.4. The zero-order valence-corrected chi connectivity index (χ0v) is 35.6. The lowest BCUT2D eigenvalue weighted by atomic mass is 9.76. The number of alkyl halides is 1. The predicted octanol–water partition coefficient (Wildman–Crippen LogP) is 14.1. The van der Waals surface area contributed by atoms with Gasteiger partial charge in [0.1, 0.15) is 5.54 Å². The van der Waals surface area contributed by atoms with Gasteiger partial charge in [-0.2, -0.15) is 0 Å². The van der Waals surface area contributed by atoms with E-state index in [1.165, 1.54) is 88.1 Å². The van der Waals surface area contributed by atoms with E-state index in [0.717, 1.165) is 53.6 Å². The van der Waals surface area contributed by atoms with Gasteiger partial charge >= 0.3 is 0 Å². The van der Waals surface area contributed by atoms with Gasteiger partial charge in [-0.3, -0.25) is 9.98 Å². The van der Waals surface area contributed by atoms with Crippen LogP contribution < -0.4 is 5.32 Å². The number of hydrogen-bond acceptors (Lipinski definition) is 3. The molecule has 2 atom stereocenters. The standard InChI is InChI=1S/C55H46IN3/c1-4-7-13-40-28-35(5-2)29-51-52(40)43(6-3)50(34-56)53(59-51)41-15-10-14-37(30-41)38-20-22-46-47-23-21-39(32-49(47)45-19-9-8-18-44(45)48(46)31-38)42-24-27-58-55(33-42)25-11-16-36-17-12-26-57-54(36)55/h5-24,27-28,30-32,35,57H,2-4,25-26,29,33-34H2,1H3/b13-7-. The van der Waals surface area contributed by atoms with Crippen molar-refractivity contribution >= 4 is 78.3 Å². The molecule has 288 valence electrons. The van der Waals surface area contributed by atoms with Crippen molar-refractivity contribution in [3.8, 4) is 22.4 Å². The minimum atomic E-state index is -0.282. The first-order valence-electron chi connectivity index (χ1n) is 20.8. The average molecular weight is 876 g/mol. The van der Waals surface area contributed by atoms with E-state index in [1.807, 2.05) is 18.4 Å². The Morgan fingerprint density at radius 1 is 0.831 bits per heavy atom. The van der Waals surface area contributed by atoms with Crippen LogP contribution in [-0.4, -0.2) is 23.3 Å². The second-order valence-corrected chi connectivity index (χ2v) is 16.9. The van der Waals surface area contributed by atoms with E-state index in [4.69, 9.17) is 9.98 Å². The van der Waals surface area contributed by atoms with E-state index in [-0.39, 0.29) is 11.5 Å². The maximum atomic E-state index is 5.47. The molecule has 0 saturated heterocycles. The molecule has 1 N–H and O–H groups in total. The lowest BCUT2D eigenvalue weighted by molar-refractivity contribution is 0.476. The topological polar surface area (TPSA) is 37.3 Å². The van der Waals surface area contributed by atoms with Crippen LogP contribution in [0.4, 0.5) is 0 Å². The molecule has 2 aliphatic carbocycles. The second kappa shape index (κ2) is 15.4. The molecule has 0 fully saturated rings. The molecule has 10 rings (SSSR count). The maximum Gasteiger partial charge on any atom is 0.108 e. The largest absolute Gasteiger partial charge is 0.382 e. The molecule has 59 heavy (non-hydrogen) atoms. The van der Waals surface area contributed by atoms with Crippen LogP contribution in [0.15, 0.2) is 169 Å². The Morgan fingerprint density at radius 2 is 1.56 bits per heavy atom. The summed E-state index contributed by atoms with van der Waals surface area (Å²) in [5.41, 5.74) is 15.3. The van der Waals surface area contributed by atoms with Crippen LogP contribution in [0.25, 0.3) is 71.9 Å². The quantitative estimate of drug-likeness (QED) is 0.0716. The summed E-state index contributed by atoms with van der Waals surface area (Å²) in [7, 11) is 0. The van der Waals surface area contributed by atoms with Gasteiger partial charge in [-0.1, -0.05) is 158 Å². The number of hydrogen-bond donors (Lipinski definition) is 1. The Balaban J connectivity index is 1.05. The van der Waals surface area contributed by atoms with Crippen LogP contribution >= 0.6 is 22.6 Å². The summed E-state index contributed by atoms with van der Waals surface area (Å²) in [6.45, 7) is 11.5. The highest BCUT2D eigenvalue weighted by Crippen LogP contribution is 2.45. The first-order valence-corrected chi connectivity index (χ1v) is 22.4. The molecule has 0 saturated carbocycles. The van der Waals surface area contributed by atoms with Gasteiger partial charge in [0, 0.05) is 52.8 Å². The highest BCUT2D eigenvalue weighted by atomic mass is 127. The molecule has 1 aromatic heterocycles. The molecular weight excluding hydrogens is 830 g/mol. The molecule has 0 amide bonds. The molecule has 6 aromatic rings. The van der Waals surface area contributed by atoms with Crippen LogP contribution in [0.3, 0.4) is 0 Å². The summed E-state index contributed by atoms with van der Waals surface area (Å²) in [6, 6.07) is 31.9. The fraction of sp³-hybridized carbons (Fsp3) is 0.164. The molecule has 4 aliphatic rings. The first kappa shape index (κ1) is 37.4. The Bertz CT molecular complexity index is 2960.